The minimum absolute atomic E-state index is 0.0125. The van der Waals surface area contributed by atoms with Crippen LogP contribution in [0.4, 0.5) is 0 Å². The van der Waals surface area contributed by atoms with E-state index in [-0.39, 0.29) is 69.1 Å². The molecule has 3 saturated heterocycles. The minimum atomic E-state index is -1.73. The van der Waals surface area contributed by atoms with Crippen molar-refractivity contribution in [2.75, 3.05) is 34.3 Å². The molecule has 0 aromatic rings. The van der Waals surface area contributed by atoms with Gasteiger partial charge in [0.25, 0.3) is 5.91 Å². The Labute approximate surface area is 467 Å². The lowest BCUT2D eigenvalue weighted by Crippen LogP contribution is -2.62. The van der Waals surface area contributed by atoms with Gasteiger partial charge < -0.3 is 60.0 Å². The van der Waals surface area contributed by atoms with Gasteiger partial charge in [0.2, 0.25) is 35.4 Å². The number of fused-ring (bicyclic) bond motifs is 1. The first kappa shape index (κ1) is 66.3. The Balaban J connectivity index is 1.87. The summed E-state index contributed by atoms with van der Waals surface area (Å²) < 4.78 is 17.6. The SMILES string of the molecule is CC[C@H](C)[C@@H]1NC(=O)[C@@H](NC(=O)[C@@H](CC(C)C)N(C)C(=O)[C@@H]2CCCN2C(=O)[C@H](C)O)[C@@H](C)OC(=O)[C@H](CC2CCC(OC)CC2)N(C)C(=O)[C@@H]2CCCN2C(=O)[C@H](CC(C)C)NC(=O)[C@@H](C)C(=O)[C@H](C(C)C)OC(=O)C[C@@H]1O. The lowest BCUT2D eigenvalue weighted by atomic mass is 9.83. The zero-order valence-corrected chi connectivity index (χ0v) is 49.5. The molecule has 0 aromatic heterocycles. The highest BCUT2D eigenvalue weighted by molar-refractivity contribution is 6.05. The summed E-state index contributed by atoms with van der Waals surface area (Å²) in [6, 6.07) is -8.60. The molecule has 1 saturated carbocycles. The van der Waals surface area contributed by atoms with Crippen molar-refractivity contribution in [2.45, 2.75) is 232 Å². The lowest BCUT2D eigenvalue weighted by Gasteiger charge is -2.37. The molecule has 1 aliphatic carbocycles. The number of likely N-dealkylation sites (tertiary alicyclic amines) is 1. The van der Waals surface area contributed by atoms with E-state index in [1.54, 1.807) is 34.8 Å². The Morgan fingerprint density at radius 1 is 0.835 bits per heavy atom. The average molecular weight is 1120 g/mol. The monoisotopic (exact) mass is 1120 g/mol. The number of ether oxygens (including phenoxy) is 3. The van der Waals surface area contributed by atoms with Gasteiger partial charge in [0.05, 0.1) is 30.6 Å². The molecule has 0 unspecified atom stereocenters. The number of aliphatic hydroxyl groups is 2. The number of ketones is 1. The molecule has 0 radical (unpaired) electrons. The molecular weight excluding hydrogens is 1020 g/mol. The van der Waals surface area contributed by atoms with Crippen LogP contribution in [0.15, 0.2) is 0 Å². The van der Waals surface area contributed by atoms with E-state index in [1.165, 1.54) is 54.5 Å². The maximum atomic E-state index is 15.0. The smallest absolute Gasteiger partial charge is 0.329 e. The van der Waals surface area contributed by atoms with E-state index in [0.29, 0.717) is 44.9 Å². The number of hydrogen-bond acceptors (Lipinski definition) is 15. The maximum absolute atomic E-state index is 15.0. The number of likely N-dealkylation sites (N-methyl/N-ethyl adjacent to an activating group) is 2. The summed E-state index contributed by atoms with van der Waals surface area (Å²) in [5.74, 6) is -10.5. The predicted molar refractivity (Wildman–Crippen MR) is 291 cm³/mol. The van der Waals surface area contributed by atoms with Crippen LogP contribution in [0, 0.1) is 35.5 Å². The Bertz CT molecular complexity index is 2150. The molecule has 7 amide bonds. The summed E-state index contributed by atoms with van der Waals surface area (Å²) in [6.07, 6.45) is -1.75. The fourth-order valence-electron chi connectivity index (χ4n) is 11.5. The number of carbonyl (C=O) groups is 10. The third-order valence-electron chi connectivity index (χ3n) is 16.6. The second kappa shape index (κ2) is 30.0. The Hall–Kier alpha value is -5.22. The van der Waals surface area contributed by atoms with Crippen LogP contribution in [0.5, 0.6) is 0 Å². The molecule has 22 heteroatoms. The number of cyclic esters (lactones) is 2. The molecule has 79 heavy (non-hydrogen) atoms. The van der Waals surface area contributed by atoms with Crippen molar-refractivity contribution >= 4 is 59.1 Å². The van der Waals surface area contributed by atoms with E-state index in [4.69, 9.17) is 14.2 Å². The maximum Gasteiger partial charge on any atom is 0.329 e. The first-order valence-corrected chi connectivity index (χ1v) is 28.9. The molecule has 4 fully saturated rings. The summed E-state index contributed by atoms with van der Waals surface area (Å²) in [7, 11) is 4.52. The van der Waals surface area contributed by atoms with Gasteiger partial charge >= 0.3 is 11.9 Å². The van der Waals surface area contributed by atoms with Crippen LogP contribution in [0.3, 0.4) is 0 Å². The topological polar surface area (TPSA) is 288 Å². The van der Waals surface area contributed by atoms with Crippen LogP contribution >= 0.6 is 0 Å². The number of methoxy groups -OCH3 is 1. The summed E-state index contributed by atoms with van der Waals surface area (Å²) in [5.41, 5.74) is 0. The van der Waals surface area contributed by atoms with Gasteiger partial charge in [-0.05, 0) is 121 Å². The van der Waals surface area contributed by atoms with Crippen molar-refractivity contribution in [1.82, 2.24) is 35.6 Å². The number of amides is 7. The van der Waals surface area contributed by atoms with Gasteiger partial charge in [-0.2, -0.15) is 0 Å². The number of nitrogens with zero attached hydrogens (tertiary/aromatic N) is 4. The predicted octanol–water partition coefficient (Wildman–Crippen LogP) is 2.66. The summed E-state index contributed by atoms with van der Waals surface area (Å²) in [6.45, 7) is 18.6. The first-order valence-electron chi connectivity index (χ1n) is 28.9. The van der Waals surface area contributed by atoms with Crippen molar-refractivity contribution in [2.24, 2.45) is 35.5 Å². The van der Waals surface area contributed by atoms with Crippen molar-refractivity contribution in [3.63, 3.8) is 0 Å². The van der Waals surface area contributed by atoms with Crippen LogP contribution in [0.25, 0.3) is 0 Å². The highest BCUT2D eigenvalue weighted by Crippen LogP contribution is 2.32. The van der Waals surface area contributed by atoms with E-state index in [9.17, 15) is 48.6 Å². The molecule has 3 aliphatic heterocycles. The van der Waals surface area contributed by atoms with Crippen LogP contribution in [-0.4, -0.2) is 196 Å². The van der Waals surface area contributed by atoms with E-state index in [1.807, 2.05) is 27.7 Å². The van der Waals surface area contributed by atoms with Crippen LogP contribution in [0.1, 0.15) is 160 Å². The van der Waals surface area contributed by atoms with E-state index in [0.717, 1.165) is 0 Å². The fourth-order valence-corrected chi connectivity index (χ4v) is 11.5. The number of Topliss-reactive ketones (excluding diaryl/α,β-unsaturated/α-hetero) is 1. The summed E-state index contributed by atoms with van der Waals surface area (Å²) in [5, 5.41) is 30.3. The van der Waals surface area contributed by atoms with Crippen molar-refractivity contribution in [1.29, 1.82) is 0 Å². The van der Waals surface area contributed by atoms with Gasteiger partial charge in [-0.1, -0.05) is 61.8 Å². The molecular formula is C57H95N7O15. The van der Waals surface area contributed by atoms with Gasteiger partial charge in [-0.25, -0.2) is 4.79 Å². The van der Waals surface area contributed by atoms with E-state index in [2.05, 4.69) is 16.0 Å². The van der Waals surface area contributed by atoms with Gasteiger partial charge in [0, 0.05) is 34.3 Å². The normalized spacial score (nSPS) is 30.8. The van der Waals surface area contributed by atoms with Gasteiger partial charge in [0.1, 0.15) is 48.5 Å². The molecule has 3 heterocycles. The zero-order valence-electron chi connectivity index (χ0n) is 49.5. The van der Waals surface area contributed by atoms with E-state index >= 15 is 9.59 Å². The zero-order chi connectivity index (χ0) is 59.3. The van der Waals surface area contributed by atoms with Crippen molar-refractivity contribution < 1.29 is 72.4 Å². The van der Waals surface area contributed by atoms with Crippen molar-refractivity contribution in [3.8, 4) is 0 Å². The molecule has 0 bridgehead atoms. The highest BCUT2D eigenvalue weighted by Gasteiger charge is 2.46. The molecule has 13 atom stereocenters. The number of esters is 2. The summed E-state index contributed by atoms with van der Waals surface area (Å²) >= 11 is 0. The molecule has 4 rings (SSSR count). The third kappa shape index (κ3) is 17.4. The molecule has 22 nitrogen and oxygen atoms in total. The number of carbonyl (C=O) groups excluding carboxylic acids is 10. The highest BCUT2D eigenvalue weighted by atomic mass is 16.6. The van der Waals surface area contributed by atoms with Crippen LogP contribution in [0.2, 0.25) is 0 Å². The second-order valence-corrected chi connectivity index (χ2v) is 24.0. The quantitative estimate of drug-likeness (QED) is 0.116. The number of hydrogen-bond donors (Lipinski definition) is 5. The number of aliphatic hydroxyl groups excluding tert-OH is 2. The minimum Gasteiger partial charge on any atom is -0.458 e. The summed E-state index contributed by atoms with van der Waals surface area (Å²) in [4.78, 5) is 149. The number of rotatable bonds is 15. The molecule has 0 aromatic carbocycles. The first-order chi connectivity index (χ1) is 37.0. The van der Waals surface area contributed by atoms with Gasteiger partial charge in [-0.3, -0.25) is 43.2 Å². The Morgan fingerprint density at radius 3 is 2.04 bits per heavy atom. The van der Waals surface area contributed by atoms with Crippen molar-refractivity contribution in [3.05, 3.63) is 0 Å². The van der Waals surface area contributed by atoms with Crippen LogP contribution in [-0.2, 0) is 62.2 Å². The fraction of sp³-hybridized carbons (Fsp3) is 0.825. The molecule has 4 aliphatic rings. The largest absolute Gasteiger partial charge is 0.458 e. The van der Waals surface area contributed by atoms with Gasteiger partial charge in [-0.15, -0.1) is 0 Å². The Kier molecular flexibility index (Phi) is 25.2. The Morgan fingerprint density at radius 2 is 1.47 bits per heavy atom. The van der Waals surface area contributed by atoms with Gasteiger partial charge in [0.15, 0.2) is 11.9 Å². The number of nitrogens with one attached hydrogen (secondary N) is 3. The standard InChI is InChI=1S/C57H95N7O15/c1-15-33(8)46-44(66)29-45(67)79-49(32(6)7)48(68)34(9)50(69)58-39(26-30(2)3)54(73)64-25-17-19-41(64)56(75)62(13)43(28-37-20-22-38(77-14)23-21-37)57(76)78-36(11)47(52(71)59-46)60-51(70)42(27-31(4)5)61(12)55(74)40-18-16-24-63(40)53(72)35(10)65/h30-44,46-47,49,65-66H,15-29H2,1-14H3,(H,58,69)(H,59,71)(H,60,70)/t33-,34-,35-,36+,37?,38?,39-,40-,41-,42+,43-,44-,46-,47-,49-/m0/s1. The third-order valence-corrected chi connectivity index (χ3v) is 16.6. The molecule has 0 spiro atoms. The second-order valence-electron chi connectivity index (χ2n) is 24.0. The average Bonchev–Trinajstić information content (AvgIpc) is 4.13. The lowest BCUT2D eigenvalue weighted by molar-refractivity contribution is -0.163. The van der Waals surface area contributed by atoms with Crippen LogP contribution < -0.4 is 16.0 Å². The molecule has 448 valence electrons. The van der Waals surface area contributed by atoms with E-state index < -0.39 is 150 Å². The molecule has 5 N–H and O–H groups in total.